The Bertz CT molecular complexity index is 724. The molecule has 1 aromatic carbocycles. The average Bonchev–Trinajstić information content (AvgIpc) is 3.29. The summed E-state index contributed by atoms with van der Waals surface area (Å²) in [5, 5.41) is 12.5. The van der Waals surface area contributed by atoms with Gasteiger partial charge in [0, 0.05) is 6.54 Å². The van der Waals surface area contributed by atoms with Crippen LogP contribution in [-0.4, -0.2) is 59.1 Å². The number of aryl methyl sites for hydroxylation is 1. The van der Waals surface area contributed by atoms with Crippen molar-refractivity contribution < 1.29 is 24.2 Å². The van der Waals surface area contributed by atoms with Gasteiger partial charge in [-0.2, -0.15) is 0 Å². The zero-order chi connectivity index (χ0) is 23.3. The molecule has 1 saturated heterocycles. The zero-order valence-corrected chi connectivity index (χ0v) is 19.4. The van der Waals surface area contributed by atoms with Crippen molar-refractivity contribution in [3.8, 4) is 0 Å². The highest BCUT2D eigenvalue weighted by Gasteiger charge is 2.37. The molecule has 0 unspecified atom stereocenters. The van der Waals surface area contributed by atoms with Gasteiger partial charge in [0.2, 0.25) is 5.91 Å². The molecule has 1 aliphatic rings. The summed E-state index contributed by atoms with van der Waals surface area (Å²) in [4.78, 5) is 38.6. The van der Waals surface area contributed by atoms with Crippen LogP contribution in [0.15, 0.2) is 30.3 Å². The maximum Gasteiger partial charge on any atom is 0.326 e. The third kappa shape index (κ3) is 8.26. The number of ether oxygens (including phenoxy) is 1. The van der Waals surface area contributed by atoms with Crippen molar-refractivity contribution >= 4 is 17.8 Å². The van der Waals surface area contributed by atoms with Crippen LogP contribution in [0.2, 0.25) is 0 Å². The van der Waals surface area contributed by atoms with Crippen LogP contribution in [0.25, 0.3) is 0 Å². The van der Waals surface area contributed by atoms with Crippen molar-refractivity contribution in [2.45, 2.75) is 89.8 Å². The number of nitrogens with zero attached hydrogens (tertiary/aromatic N) is 1. The van der Waals surface area contributed by atoms with E-state index in [0.29, 0.717) is 38.8 Å². The molecule has 0 radical (unpaired) electrons. The molecule has 1 aliphatic heterocycles. The summed E-state index contributed by atoms with van der Waals surface area (Å²) in [5.74, 6) is -1.62. The summed E-state index contributed by atoms with van der Waals surface area (Å²) in [5.41, 5.74) is 1.11. The van der Waals surface area contributed by atoms with Crippen molar-refractivity contribution in [2.75, 3.05) is 13.2 Å². The number of carboxylic acids is 1. The molecule has 32 heavy (non-hydrogen) atoms. The summed E-state index contributed by atoms with van der Waals surface area (Å²) >= 11 is 0. The number of carboxylic acid groups (broad SMARTS) is 1. The van der Waals surface area contributed by atoms with E-state index in [1.807, 2.05) is 30.3 Å². The molecule has 0 spiro atoms. The van der Waals surface area contributed by atoms with Crippen molar-refractivity contribution in [1.82, 2.24) is 10.2 Å². The van der Waals surface area contributed by atoms with Crippen molar-refractivity contribution in [1.29, 1.82) is 0 Å². The molecule has 1 amide bonds. The number of amides is 1. The van der Waals surface area contributed by atoms with Gasteiger partial charge in [-0.15, -0.1) is 0 Å². The number of hydrogen-bond donors (Lipinski definition) is 2. The van der Waals surface area contributed by atoms with Gasteiger partial charge in [0.15, 0.2) is 0 Å². The smallest absolute Gasteiger partial charge is 0.326 e. The Morgan fingerprint density at radius 1 is 1.16 bits per heavy atom. The normalized spacial score (nSPS) is 17.7. The first-order chi connectivity index (χ1) is 15.4. The summed E-state index contributed by atoms with van der Waals surface area (Å²) in [7, 11) is 0. The highest BCUT2D eigenvalue weighted by molar-refractivity contribution is 5.88. The topological polar surface area (TPSA) is 95.9 Å². The fourth-order valence-corrected chi connectivity index (χ4v) is 4.11. The monoisotopic (exact) mass is 446 g/mol. The van der Waals surface area contributed by atoms with E-state index in [1.54, 1.807) is 6.92 Å². The molecule has 0 saturated carbocycles. The van der Waals surface area contributed by atoms with Crippen LogP contribution in [0, 0.1) is 0 Å². The van der Waals surface area contributed by atoms with Crippen molar-refractivity contribution in [3.05, 3.63) is 35.9 Å². The summed E-state index contributed by atoms with van der Waals surface area (Å²) in [6, 6.07) is 7.78. The molecule has 1 heterocycles. The van der Waals surface area contributed by atoms with Crippen LogP contribution in [0.3, 0.4) is 0 Å². The standard InChI is InChI=1S/C25H38N2O5/c1-3-4-5-6-10-18-32-25(31)21(16-15-20-12-8-7-9-13-20)26-19(2)23(28)27-17-11-14-22(27)24(29)30/h7-9,12-13,19,21-22,26H,3-6,10-11,14-18H2,1-2H3,(H,29,30)/t19-,21-,22-/m0/s1. The first kappa shape index (κ1) is 25.8. The predicted molar refractivity (Wildman–Crippen MR) is 123 cm³/mol. The highest BCUT2D eigenvalue weighted by atomic mass is 16.5. The van der Waals surface area contributed by atoms with Crippen molar-refractivity contribution in [3.63, 3.8) is 0 Å². The van der Waals surface area contributed by atoms with Crippen LogP contribution in [0.1, 0.15) is 70.8 Å². The van der Waals surface area contributed by atoms with E-state index in [4.69, 9.17) is 4.74 Å². The Hall–Kier alpha value is -2.41. The number of esters is 1. The second-order valence-electron chi connectivity index (χ2n) is 8.57. The Labute approximate surface area is 191 Å². The van der Waals surface area contributed by atoms with E-state index >= 15 is 0 Å². The molecule has 1 aromatic rings. The molecular weight excluding hydrogens is 408 g/mol. The largest absolute Gasteiger partial charge is 0.480 e. The summed E-state index contributed by atoms with van der Waals surface area (Å²) in [6.45, 7) is 4.65. The lowest BCUT2D eigenvalue weighted by Gasteiger charge is -2.28. The molecule has 2 N–H and O–H groups in total. The predicted octanol–water partition coefficient (Wildman–Crippen LogP) is 3.56. The number of carbonyl (C=O) groups excluding carboxylic acids is 2. The van der Waals surface area contributed by atoms with E-state index in [0.717, 1.165) is 31.2 Å². The van der Waals surface area contributed by atoms with Crippen LogP contribution < -0.4 is 5.32 Å². The molecule has 0 bridgehead atoms. The number of hydrogen-bond acceptors (Lipinski definition) is 5. The van der Waals surface area contributed by atoms with E-state index in [2.05, 4.69) is 12.2 Å². The van der Waals surface area contributed by atoms with Crippen LogP contribution in [0.5, 0.6) is 0 Å². The molecule has 1 fully saturated rings. The molecule has 7 nitrogen and oxygen atoms in total. The highest BCUT2D eigenvalue weighted by Crippen LogP contribution is 2.19. The Kier molecular flexibility index (Phi) is 11.2. The van der Waals surface area contributed by atoms with Crippen LogP contribution in [0.4, 0.5) is 0 Å². The lowest BCUT2D eigenvalue weighted by atomic mass is 10.0. The number of aliphatic carboxylic acids is 1. The number of benzene rings is 1. The maximum atomic E-state index is 12.9. The number of rotatable bonds is 14. The lowest BCUT2D eigenvalue weighted by molar-refractivity contribution is -0.150. The fraction of sp³-hybridized carbons (Fsp3) is 0.640. The summed E-state index contributed by atoms with van der Waals surface area (Å²) in [6.07, 6.45) is 7.65. The zero-order valence-electron chi connectivity index (χ0n) is 19.4. The fourth-order valence-electron chi connectivity index (χ4n) is 4.11. The van der Waals surface area contributed by atoms with Crippen LogP contribution >= 0.6 is 0 Å². The summed E-state index contributed by atoms with van der Waals surface area (Å²) < 4.78 is 5.52. The maximum absolute atomic E-state index is 12.9. The minimum absolute atomic E-state index is 0.285. The van der Waals surface area contributed by atoms with E-state index in [-0.39, 0.29) is 11.9 Å². The second kappa shape index (κ2) is 13.9. The van der Waals surface area contributed by atoms with Gasteiger partial charge in [-0.25, -0.2) is 4.79 Å². The van der Waals surface area contributed by atoms with E-state index in [9.17, 15) is 19.5 Å². The quantitative estimate of drug-likeness (QED) is 0.335. The van der Waals surface area contributed by atoms with Gasteiger partial charge >= 0.3 is 11.9 Å². The molecule has 2 rings (SSSR count). The minimum atomic E-state index is -0.980. The molecule has 7 heteroatoms. The third-order valence-electron chi connectivity index (χ3n) is 5.98. The van der Waals surface area contributed by atoms with Gasteiger partial charge < -0.3 is 14.7 Å². The Morgan fingerprint density at radius 2 is 1.88 bits per heavy atom. The molecule has 0 aromatic heterocycles. The minimum Gasteiger partial charge on any atom is -0.480 e. The van der Waals surface area contributed by atoms with Gasteiger partial charge in [0.1, 0.15) is 12.1 Å². The van der Waals surface area contributed by atoms with Gasteiger partial charge in [-0.05, 0) is 44.6 Å². The first-order valence-electron chi connectivity index (χ1n) is 11.9. The van der Waals surface area contributed by atoms with Crippen molar-refractivity contribution in [2.24, 2.45) is 0 Å². The van der Waals surface area contributed by atoms with Crippen LogP contribution in [-0.2, 0) is 25.5 Å². The van der Waals surface area contributed by atoms with Gasteiger partial charge in [-0.3, -0.25) is 14.9 Å². The number of carbonyl (C=O) groups is 3. The number of likely N-dealkylation sites (tertiary alicyclic amines) is 1. The second-order valence-corrected chi connectivity index (χ2v) is 8.57. The van der Waals surface area contributed by atoms with E-state index in [1.165, 1.54) is 11.3 Å². The number of nitrogens with one attached hydrogen (secondary N) is 1. The Balaban J connectivity index is 1.95. The average molecular weight is 447 g/mol. The van der Waals surface area contributed by atoms with E-state index < -0.39 is 24.1 Å². The third-order valence-corrected chi connectivity index (χ3v) is 5.98. The molecule has 178 valence electrons. The van der Waals surface area contributed by atoms with Gasteiger partial charge in [0.25, 0.3) is 0 Å². The number of unbranched alkanes of at least 4 members (excludes halogenated alkanes) is 4. The molecule has 3 atom stereocenters. The Morgan fingerprint density at radius 3 is 2.56 bits per heavy atom. The molecule has 0 aliphatic carbocycles. The SMILES string of the molecule is CCCCCCCOC(=O)[C@H](CCc1ccccc1)N[C@@H](C)C(=O)N1CCC[C@H]1C(=O)O. The molecular formula is C25H38N2O5. The van der Waals surface area contributed by atoms with Gasteiger partial charge in [0.05, 0.1) is 12.6 Å². The first-order valence-corrected chi connectivity index (χ1v) is 11.9. The van der Waals surface area contributed by atoms with Gasteiger partial charge in [-0.1, -0.05) is 62.9 Å². The lowest BCUT2D eigenvalue weighted by Crippen LogP contribution is -2.53.